The monoisotopic (exact) mass is 368 g/mol. The Labute approximate surface area is 153 Å². The molecule has 144 valence electrons. The molecule has 2 fully saturated rings. The van der Waals surface area contributed by atoms with Gasteiger partial charge in [0.1, 0.15) is 0 Å². The van der Waals surface area contributed by atoms with Crippen LogP contribution in [-0.2, 0) is 17.5 Å². The smallest absolute Gasteiger partial charge is 0.342 e. The number of alkyl halides is 3. The first-order chi connectivity index (χ1) is 12.3. The number of halogens is 3. The molecule has 2 aliphatic heterocycles. The lowest BCUT2D eigenvalue weighted by molar-refractivity contribution is -0.139. The molecule has 3 rings (SSSR count). The highest BCUT2D eigenvalue weighted by Crippen LogP contribution is 2.29. The summed E-state index contributed by atoms with van der Waals surface area (Å²) >= 11 is 0. The van der Waals surface area contributed by atoms with Crippen molar-refractivity contribution in [3.63, 3.8) is 0 Å². The van der Waals surface area contributed by atoms with Crippen LogP contribution in [0.25, 0.3) is 0 Å². The average molecular weight is 368 g/mol. The van der Waals surface area contributed by atoms with Crippen molar-refractivity contribution in [3.8, 4) is 0 Å². The molecule has 2 aliphatic rings. The third-order valence-corrected chi connectivity index (χ3v) is 5.59. The first-order valence-corrected chi connectivity index (χ1v) is 9.50. The summed E-state index contributed by atoms with van der Waals surface area (Å²) in [6.07, 6.45) is -0.313. The Morgan fingerprint density at radius 1 is 1.08 bits per heavy atom. The molecule has 0 aliphatic carbocycles. The quantitative estimate of drug-likeness (QED) is 0.799. The minimum atomic E-state index is -4.29. The lowest BCUT2D eigenvalue weighted by Crippen LogP contribution is -2.45. The molecule has 2 saturated heterocycles. The molecule has 1 aromatic carbocycles. The molecule has 1 amide bonds. The summed E-state index contributed by atoms with van der Waals surface area (Å²) < 4.78 is 37.9. The number of rotatable bonds is 3. The number of hydrogen-bond donors (Lipinski definition) is 0. The predicted octanol–water partition coefficient (Wildman–Crippen LogP) is 4.18. The molecule has 3 nitrogen and oxygen atoms in total. The Hall–Kier alpha value is -1.56. The van der Waals surface area contributed by atoms with E-state index in [0.29, 0.717) is 18.4 Å². The van der Waals surface area contributed by atoms with E-state index in [1.165, 1.54) is 6.42 Å². The van der Waals surface area contributed by atoms with Crippen LogP contribution in [0.4, 0.5) is 13.2 Å². The SMILES string of the molecule is C[C@@H]1CCCN(C(=O)C2CCN(Cc3ccc(C(F)(F)F)cc3)CC2)C1. The highest BCUT2D eigenvalue weighted by atomic mass is 19.4. The molecule has 26 heavy (non-hydrogen) atoms. The van der Waals surface area contributed by atoms with Gasteiger partial charge in [-0.25, -0.2) is 0 Å². The fourth-order valence-electron chi connectivity index (χ4n) is 4.04. The maximum Gasteiger partial charge on any atom is 0.416 e. The summed E-state index contributed by atoms with van der Waals surface area (Å²) in [7, 11) is 0. The van der Waals surface area contributed by atoms with Crippen LogP contribution in [-0.4, -0.2) is 41.9 Å². The fourth-order valence-corrected chi connectivity index (χ4v) is 4.04. The summed E-state index contributed by atoms with van der Waals surface area (Å²) in [6.45, 7) is 6.24. The number of carbonyl (C=O) groups excluding carboxylic acids is 1. The van der Waals surface area contributed by atoms with Crippen LogP contribution < -0.4 is 0 Å². The summed E-state index contributed by atoms with van der Waals surface area (Å²) in [5.41, 5.74) is 0.272. The van der Waals surface area contributed by atoms with Crippen molar-refractivity contribution in [2.45, 2.75) is 45.3 Å². The van der Waals surface area contributed by atoms with Gasteiger partial charge >= 0.3 is 6.18 Å². The fraction of sp³-hybridized carbons (Fsp3) is 0.650. The number of likely N-dealkylation sites (tertiary alicyclic amines) is 2. The predicted molar refractivity (Wildman–Crippen MR) is 94.4 cm³/mol. The largest absolute Gasteiger partial charge is 0.416 e. The van der Waals surface area contributed by atoms with Gasteiger partial charge in [0.15, 0.2) is 0 Å². The summed E-state index contributed by atoms with van der Waals surface area (Å²) in [5.74, 6) is 0.988. The van der Waals surface area contributed by atoms with Crippen molar-refractivity contribution in [2.75, 3.05) is 26.2 Å². The van der Waals surface area contributed by atoms with Crippen molar-refractivity contribution in [2.24, 2.45) is 11.8 Å². The summed E-state index contributed by atoms with van der Waals surface area (Å²) in [4.78, 5) is 17.0. The summed E-state index contributed by atoms with van der Waals surface area (Å²) in [6, 6.07) is 5.39. The van der Waals surface area contributed by atoms with E-state index >= 15 is 0 Å². The van der Waals surface area contributed by atoms with Gasteiger partial charge in [0.2, 0.25) is 5.91 Å². The molecular formula is C20H27F3N2O. The van der Waals surface area contributed by atoms with E-state index in [1.54, 1.807) is 12.1 Å². The molecular weight excluding hydrogens is 341 g/mol. The van der Waals surface area contributed by atoms with E-state index in [2.05, 4.69) is 11.8 Å². The van der Waals surface area contributed by atoms with Crippen molar-refractivity contribution in [1.29, 1.82) is 0 Å². The minimum Gasteiger partial charge on any atom is -0.342 e. The topological polar surface area (TPSA) is 23.6 Å². The van der Waals surface area contributed by atoms with Gasteiger partial charge in [0.05, 0.1) is 5.56 Å². The molecule has 0 N–H and O–H groups in total. The van der Waals surface area contributed by atoms with Crippen LogP contribution in [0.2, 0.25) is 0 Å². The van der Waals surface area contributed by atoms with Gasteiger partial charge in [-0.3, -0.25) is 9.69 Å². The molecule has 0 spiro atoms. The normalized spacial score (nSPS) is 23.2. The number of amides is 1. The highest BCUT2D eigenvalue weighted by molar-refractivity contribution is 5.79. The molecule has 1 atom stereocenters. The summed E-state index contributed by atoms with van der Waals surface area (Å²) in [5, 5.41) is 0. The molecule has 0 radical (unpaired) electrons. The zero-order chi connectivity index (χ0) is 18.7. The van der Waals surface area contributed by atoms with Gasteiger partial charge in [-0.2, -0.15) is 13.2 Å². The van der Waals surface area contributed by atoms with E-state index in [0.717, 1.165) is 63.1 Å². The van der Waals surface area contributed by atoms with E-state index in [9.17, 15) is 18.0 Å². The third kappa shape index (κ3) is 4.78. The zero-order valence-corrected chi connectivity index (χ0v) is 15.3. The van der Waals surface area contributed by atoms with Crippen molar-refractivity contribution in [3.05, 3.63) is 35.4 Å². The van der Waals surface area contributed by atoms with Gasteiger partial charge in [-0.1, -0.05) is 19.1 Å². The Bertz CT molecular complexity index is 606. The van der Waals surface area contributed by atoms with Crippen LogP contribution in [0.5, 0.6) is 0 Å². The van der Waals surface area contributed by atoms with Gasteiger partial charge in [-0.15, -0.1) is 0 Å². The van der Waals surface area contributed by atoms with E-state index in [1.807, 2.05) is 4.90 Å². The van der Waals surface area contributed by atoms with Crippen molar-refractivity contribution in [1.82, 2.24) is 9.80 Å². The number of nitrogens with zero attached hydrogens (tertiary/aromatic N) is 2. The number of carbonyl (C=O) groups is 1. The maximum atomic E-state index is 12.7. The molecule has 0 saturated carbocycles. The van der Waals surface area contributed by atoms with Crippen LogP contribution in [0, 0.1) is 11.8 Å². The van der Waals surface area contributed by atoms with Crippen LogP contribution in [0.3, 0.4) is 0 Å². The van der Waals surface area contributed by atoms with Gasteiger partial charge in [0, 0.05) is 25.6 Å². The van der Waals surface area contributed by atoms with Crippen molar-refractivity contribution >= 4 is 5.91 Å². The maximum absolute atomic E-state index is 12.7. The second-order valence-corrected chi connectivity index (χ2v) is 7.78. The second kappa shape index (κ2) is 7.99. The molecule has 0 unspecified atom stereocenters. The van der Waals surface area contributed by atoms with Gasteiger partial charge < -0.3 is 4.90 Å². The van der Waals surface area contributed by atoms with Gasteiger partial charge in [0.25, 0.3) is 0 Å². The Morgan fingerprint density at radius 2 is 1.73 bits per heavy atom. The van der Waals surface area contributed by atoms with Crippen LogP contribution in [0.15, 0.2) is 24.3 Å². The first kappa shape index (κ1) is 19.2. The van der Waals surface area contributed by atoms with E-state index in [4.69, 9.17) is 0 Å². The average Bonchev–Trinajstić information content (AvgIpc) is 2.61. The lowest BCUT2D eigenvalue weighted by atomic mass is 9.92. The second-order valence-electron chi connectivity index (χ2n) is 7.78. The zero-order valence-electron chi connectivity index (χ0n) is 15.3. The number of piperidine rings is 2. The van der Waals surface area contributed by atoms with Crippen LogP contribution in [0.1, 0.15) is 43.7 Å². The highest BCUT2D eigenvalue weighted by Gasteiger charge is 2.31. The molecule has 0 bridgehead atoms. The number of benzene rings is 1. The molecule has 6 heteroatoms. The Balaban J connectivity index is 1.48. The van der Waals surface area contributed by atoms with Crippen LogP contribution >= 0.6 is 0 Å². The Kier molecular flexibility index (Phi) is 5.90. The number of hydrogen-bond acceptors (Lipinski definition) is 2. The minimum absolute atomic E-state index is 0.101. The molecule has 2 heterocycles. The molecule has 0 aromatic heterocycles. The Morgan fingerprint density at radius 3 is 2.31 bits per heavy atom. The molecule has 1 aromatic rings. The van der Waals surface area contributed by atoms with E-state index in [-0.39, 0.29) is 5.92 Å². The van der Waals surface area contributed by atoms with Gasteiger partial charge in [-0.05, 0) is 62.4 Å². The van der Waals surface area contributed by atoms with Crippen molar-refractivity contribution < 1.29 is 18.0 Å². The first-order valence-electron chi connectivity index (χ1n) is 9.50. The lowest BCUT2D eigenvalue weighted by Gasteiger charge is -2.37. The standard InChI is InChI=1S/C20H27F3N2O/c1-15-3-2-10-25(13-15)19(26)17-8-11-24(12-9-17)14-16-4-6-18(7-5-16)20(21,22)23/h4-7,15,17H,2-3,8-14H2,1H3/t15-/m1/s1. The van der Waals surface area contributed by atoms with E-state index < -0.39 is 11.7 Å². The third-order valence-electron chi connectivity index (χ3n) is 5.59.